The van der Waals surface area contributed by atoms with Crippen molar-refractivity contribution in [3.05, 3.63) is 0 Å². The number of hydrogen-bond acceptors (Lipinski definition) is 3. The minimum atomic E-state index is -0.0334. The summed E-state index contributed by atoms with van der Waals surface area (Å²) in [5, 5.41) is 0. The average molecular weight is 255 g/mol. The third kappa shape index (κ3) is 3.98. The lowest BCUT2D eigenvalue weighted by molar-refractivity contribution is -0.149. The van der Waals surface area contributed by atoms with E-state index in [-0.39, 0.29) is 12.0 Å². The van der Waals surface area contributed by atoms with Crippen molar-refractivity contribution in [3.8, 4) is 0 Å². The summed E-state index contributed by atoms with van der Waals surface area (Å²) in [7, 11) is 0. The Balaban J connectivity index is 2.63. The van der Waals surface area contributed by atoms with E-state index in [0.717, 1.165) is 25.9 Å². The predicted octanol–water partition coefficient (Wildman–Crippen LogP) is 3.09. The average Bonchev–Trinajstić information content (AvgIpc) is 2.74. The van der Waals surface area contributed by atoms with Crippen LogP contribution in [-0.2, 0) is 9.53 Å². The molecule has 1 aliphatic rings. The van der Waals surface area contributed by atoms with Crippen LogP contribution in [0, 0.1) is 11.3 Å². The fraction of sp³-hybridized carbons (Fsp3) is 0.933. The van der Waals surface area contributed by atoms with E-state index >= 15 is 0 Å². The van der Waals surface area contributed by atoms with Crippen LogP contribution in [0.2, 0.25) is 0 Å². The highest BCUT2D eigenvalue weighted by atomic mass is 16.5. The zero-order chi connectivity index (χ0) is 13.8. The van der Waals surface area contributed by atoms with Crippen molar-refractivity contribution in [1.82, 2.24) is 4.90 Å². The summed E-state index contributed by atoms with van der Waals surface area (Å²) >= 11 is 0. The molecule has 0 aromatic rings. The second-order valence-corrected chi connectivity index (χ2v) is 6.40. The zero-order valence-corrected chi connectivity index (χ0v) is 12.7. The van der Waals surface area contributed by atoms with Crippen LogP contribution in [0.4, 0.5) is 0 Å². The molecule has 0 aliphatic carbocycles. The number of carbonyl (C=O) groups is 1. The van der Waals surface area contributed by atoms with Crippen LogP contribution in [0.1, 0.15) is 53.9 Å². The number of rotatable bonds is 5. The molecule has 1 aliphatic heterocycles. The van der Waals surface area contributed by atoms with Gasteiger partial charge in [0.25, 0.3) is 0 Å². The van der Waals surface area contributed by atoms with Gasteiger partial charge in [-0.3, -0.25) is 9.69 Å². The first-order chi connectivity index (χ1) is 8.40. The van der Waals surface area contributed by atoms with E-state index in [0.29, 0.717) is 17.9 Å². The molecule has 0 aromatic heterocycles. The van der Waals surface area contributed by atoms with E-state index < -0.39 is 0 Å². The monoisotopic (exact) mass is 255 g/mol. The molecule has 1 saturated heterocycles. The topological polar surface area (TPSA) is 29.5 Å². The summed E-state index contributed by atoms with van der Waals surface area (Å²) in [6, 6.07) is -0.0256. The highest BCUT2D eigenvalue weighted by Crippen LogP contribution is 2.34. The summed E-state index contributed by atoms with van der Waals surface area (Å²) < 4.78 is 5.21. The van der Waals surface area contributed by atoms with Crippen LogP contribution in [0.5, 0.6) is 0 Å². The maximum absolute atomic E-state index is 12.0. The number of ether oxygens (including phenoxy) is 1. The first kappa shape index (κ1) is 15.5. The molecule has 1 fully saturated rings. The Morgan fingerprint density at radius 3 is 2.50 bits per heavy atom. The summed E-state index contributed by atoms with van der Waals surface area (Å²) in [6.45, 7) is 13.4. The predicted molar refractivity (Wildman–Crippen MR) is 74.5 cm³/mol. The third-order valence-electron chi connectivity index (χ3n) is 4.01. The summed E-state index contributed by atoms with van der Waals surface area (Å²) in [6.07, 6.45) is 3.14. The van der Waals surface area contributed by atoms with E-state index in [2.05, 4.69) is 32.6 Å². The number of esters is 1. The van der Waals surface area contributed by atoms with Crippen LogP contribution in [0.25, 0.3) is 0 Å². The summed E-state index contributed by atoms with van der Waals surface area (Å²) in [5.41, 5.74) is 0.334. The molecule has 3 heteroatoms. The van der Waals surface area contributed by atoms with Crippen molar-refractivity contribution in [1.29, 1.82) is 0 Å². The normalized spacial score (nSPS) is 23.1. The van der Waals surface area contributed by atoms with Gasteiger partial charge in [-0.25, -0.2) is 0 Å². The lowest BCUT2D eigenvalue weighted by Crippen LogP contribution is -2.41. The molecule has 2 atom stereocenters. The molecule has 0 bridgehead atoms. The highest BCUT2D eigenvalue weighted by molar-refractivity contribution is 5.75. The van der Waals surface area contributed by atoms with Gasteiger partial charge in [-0.1, -0.05) is 34.1 Å². The van der Waals surface area contributed by atoms with Crippen LogP contribution in [0.15, 0.2) is 0 Å². The molecule has 1 heterocycles. The Kier molecular flexibility index (Phi) is 5.64. The minimum absolute atomic E-state index is 0.0256. The van der Waals surface area contributed by atoms with Gasteiger partial charge in [-0.05, 0) is 37.6 Å². The van der Waals surface area contributed by atoms with Gasteiger partial charge in [0.1, 0.15) is 6.04 Å². The van der Waals surface area contributed by atoms with Gasteiger partial charge < -0.3 is 4.74 Å². The SMILES string of the molecule is CCCC(C(=O)OCC)N1CCC(C(C)(C)C)C1. The first-order valence-corrected chi connectivity index (χ1v) is 7.30. The Morgan fingerprint density at radius 2 is 2.06 bits per heavy atom. The van der Waals surface area contributed by atoms with Crippen molar-refractivity contribution in [2.45, 2.75) is 59.9 Å². The number of nitrogens with zero attached hydrogens (tertiary/aromatic N) is 1. The van der Waals surface area contributed by atoms with E-state index in [1.807, 2.05) is 6.92 Å². The van der Waals surface area contributed by atoms with Crippen molar-refractivity contribution < 1.29 is 9.53 Å². The molecule has 106 valence electrons. The second kappa shape index (κ2) is 6.55. The molecule has 0 amide bonds. The Hall–Kier alpha value is -0.570. The Labute approximate surface area is 112 Å². The van der Waals surface area contributed by atoms with Crippen LogP contribution >= 0.6 is 0 Å². The minimum Gasteiger partial charge on any atom is -0.465 e. The van der Waals surface area contributed by atoms with Crippen LogP contribution < -0.4 is 0 Å². The molecule has 1 rings (SSSR count). The van der Waals surface area contributed by atoms with Gasteiger partial charge in [0.05, 0.1) is 6.61 Å². The van der Waals surface area contributed by atoms with Crippen molar-refractivity contribution in [3.63, 3.8) is 0 Å². The maximum atomic E-state index is 12.0. The second-order valence-electron chi connectivity index (χ2n) is 6.40. The van der Waals surface area contributed by atoms with Crippen LogP contribution in [0.3, 0.4) is 0 Å². The zero-order valence-electron chi connectivity index (χ0n) is 12.7. The fourth-order valence-electron chi connectivity index (χ4n) is 2.74. The van der Waals surface area contributed by atoms with Gasteiger partial charge in [0.2, 0.25) is 0 Å². The fourth-order valence-corrected chi connectivity index (χ4v) is 2.74. The van der Waals surface area contributed by atoms with Crippen molar-refractivity contribution in [2.75, 3.05) is 19.7 Å². The number of likely N-dealkylation sites (tertiary alicyclic amines) is 1. The largest absolute Gasteiger partial charge is 0.465 e. The van der Waals surface area contributed by atoms with E-state index in [1.54, 1.807) is 0 Å². The van der Waals surface area contributed by atoms with Crippen molar-refractivity contribution in [2.24, 2.45) is 11.3 Å². The maximum Gasteiger partial charge on any atom is 0.323 e. The van der Waals surface area contributed by atoms with Crippen LogP contribution in [-0.4, -0.2) is 36.6 Å². The van der Waals surface area contributed by atoms with E-state index in [9.17, 15) is 4.79 Å². The molecule has 0 aromatic carbocycles. The number of hydrogen-bond donors (Lipinski definition) is 0. The van der Waals surface area contributed by atoms with E-state index in [4.69, 9.17) is 4.74 Å². The molecule has 0 N–H and O–H groups in total. The molecule has 0 saturated carbocycles. The standard InChI is InChI=1S/C15H29NO2/c1-6-8-13(14(17)18-7-2)16-10-9-12(11-16)15(3,4)5/h12-13H,6-11H2,1-5H3. The highest BCUT2D eigenvalue weighted by Gasteiger charge is 2.37. The molecule has 0 spiro atoms. The van der Waals surface area contributed by atoms with Gasteiger partial charge in [-0.15, -0.1) is 0 Å². The molecule has 3 nitrogen and oxygen atoms in total. The summed E-state index contributed by atoms with van der Waals surface area (Å²) in [5.74, 6) is 0.653. The van der Waals surface area contributed by atoms with Gasteiger partial charge in [0, 0.05) is 6.54 Å². The Morgan fingerprint density at radius 1 is 1.39 bits per heavy atom. The number of carbonyl (C=O) groups excluding carboxylic acids is 1. The third-order valence-corrected chi connectivity index (χ3v) is 4.01. The van der Waals surface area contributed by atoms with Gasteiger partial charge in [0.15, 0.2) is 0 Å². The molecule has 0 radical (unpaired) electrons. The molecule has 2 unspecified atom stereocenters. The smallest absolute Gasteiger partial charge is 0.323 e. The van der Waals surface area contributed by atoms with Gasteiger partial charge in [-0.2, -0.15) is 0 Å². The molecular formula is C15H29NO2. The lowest BCUT2D eigenvalue weighted by atomic mass is 9.80. The van der Waals surface area contributed by atoms with Crippen molar-refractivity contribution >= 4 is 5.97 Å². The lowest BCUT2D eigenvalue weighted by Gasteiger charge is -2.29. The molecule has 18 heavy (non-hydrogen) atoms. The van der Waals surface area contributed by atoms with Gasteiger partial charge >= 0.3 is 5.97 Å². The quantitative estimate of drug-likeness (QED) is 0.707. The Bertz CT molecular complexity index is 270. The molecular weight excluding hydrogens is 226 g/mol. The summed E-state index contributed by atoms with van der Waals surface area (Å²) in [4.78, 5) is 14.3. The van der Waals surface area contributed by atoms with E-state index in [1.165, 1.54) is 6.42 Å². The first-order valence-electron chi connectivity index (χ1n) is 7.30.